The van der Waals surface area contributed by atoms with E-state index in [2.05, 4.69) is 5.90 Å². The molecule has 1 radical (unpaired) electrons. The standard InChI is InChI=1S/C7H7NO.H2NO/c8-7(9)6-4-2-1-3-5-6;1-2/h1-5H,(H2,8,9);1H2. The van der Waals surface area contributed by atoms with Gasteiger partial charge in [0.25, 0.3) is 0 Å². The van der Waals surface area contributed by atoms with Crippen molar-refractivity contribution in [2.24, 2.45) is 11.6 Å². The lowest BCUT2D eigenvalue weighted by Gasteiger charge is -1.89. The molecule has 1 amide bonds. The second-order valence-corrected chi connectivity index (χ2v) is 1.73. The second kappa shape index (κ2) is 5.40. The van der Waals surface area contributed by atoms with Crippen LogP contribution in [0.1, 0.15) is 10.4 Å². The number of hydrogen-bond acceptors (Lipinski definition) is 2. The molecular formula is C7H9N2O2. The quantitative estimate of drug-likeness (QED) is 0.559. The van der Waals surface area contributed by atoms with Gasteiger partial charge < -0.3 is 5.73 Å². The van der Waals surface area contributed by atoms with Crippen molar-refractivity contribution in [3.05, 3.63) is 35.9 Å². The molecule has 0 aliphatic carbocycles. The molecule has 0 aliphatic heterocycles. The van der Waals surface area contributed by atoms with Crippen LogP contribution in [0.4, 0.5) is 0 Å². The van der Waals surface area contributed by atoms with Crippen molar-refractivity contribution in [1.29, 1.82) is 0 Å². The maximum absolute atomic E-state index is 10.4. The Morgan fingerprint density at radius 3 is 1.82 bits per heavy atom. The van der Waals surface area contributed by atoms with Gasteiger partial charge in [0, 0.05) is 5.56 Å². The Morgan fingerprint density at radius 2 is 1.55 bits per heavy atom. The maximum Gasteiger partial charge on any atom is 0.248 e. The lowest BCUT2D eigenvalue weighted by molar-refractivity contribution is 0.100. The Kier molecular flexibility index (Phi) is 4.72. The summed E-state index contributed by atoms with van der Waals surface area (Å²) in [4.78, 5) is 10.4. The van der Waals surface area contributed by atoms with Gasteiger partial charge in [-0.3, -0.25) is 4.79 Å². The monoisotopic (exact) mass is 153 g/mol. The minimum atomic E-state index is -0.379. The molecule has 11 heavy (non-hydrogen) atoms. The van der Waals surface area contributed by atoms with Crippen molar-refractivity contribution >= 4 is 5.91 Å². The van der Waals surface area contributed by atoms with E-state index in [-0.39, 0.29) is 5.91 Å². The van der Waals surface area contributed by atoms with Gasteiger partial charge in [0.15, 0.2) is 0 Å². The summed E-state index contributed by atoms with van der Waals surface area (Å²) in [6.07, 6.45) is 0. The molecule has 0 spiro atoms. The first kappa shape index (κ1) is 9.61. The summed E-state index contributed by atoms with van der Waals surface area (Å²) in [5.74, 6) is 2.87. The lowest BCUT2D eigenvalue weighted by atomic mass is 10.2. The largest absolute Gasteiger partial charge is 0.366 e. The highest BCUT2D eigenvalue weighted by molar-refractivity contribution is 5.92. The average molecular weight is 153 g/mol. The van der Waals surface area contributed by atoms with Crippen LogP contribution >= 0.6 is 0 Å². The number of primary amides is 1. The number of amides is 1. The predicted octanol–water partition coefficient (Wildman–Crippen LogP) is 0.0761. The first-order valence-corrected chi connectivity index (χ1v) is 2.89. The van der Waals surface area contributed by atoms with E-state index in [0.717, 1.165) is 0 Å². The minimum Gasteiger partial charge on any atom is -0.366 e. The van der Waals surface area contributed by atoms with Crippen LogP contribution in [0.3, 0.4) is 0 Å². The molecule has 1 rings (SSSR count). The highest BCUT2D eigenvalue weighted by Crippen LogP contribution is 1.94. The van der Waals surface area contributed by atoms with Crippen LogP contribution in [0.5, 0.6) is 0 Å². The molecule has 0 unspecified atom stereocenters. The van der Waals surface area contributed by atoms with Gasteiger partial charge in [0.1, 0.15) is 0 Å². The van der Waals surface area contributed by atoms with Crippen LogP contribution < -0.4 is 11.6 Å². The van der Waals surface area contributed by atoms with Gasteiger partial charge in [-0.25, -0.2) is 0 Å². The minimum absolute atomic E-state index is 0.379. The van der Waals surface area contributed by atoms with Crippen molar-refractivity contribution in [2.75, 3.05) is 0 Å². The van der Waals surface area contributed by atoms with Crippen molar-refractivity contribution in [2.45, 2.75) is 0 Å². The smallest absolute Gasteiger partial charge is 0.248 e. The topological polar surface area (TPSA) is 89.0 Å². The van der Waals surface area contributed by atoms with Crippen molar-refractivity contribution in [3.63, 3.8) is 0 Å². The molecule has 0 atom stereocenters. The Hall–Kier alpha value is -1.39. The third-order valence-corrected chi connectivity index (χ3v) is 1.06. The molecule has 4 N–H and O–H groups in total. The van der Waals surface area contributed by atoms with E-state index in [1.807, 2.05) is 6.07 Å². The van der Waals surface area contributed by atoms with Gasteiger partial charge in [0.2, 0.25) is 5.91 Å². The van der Waals surface area contributed by atoms with Crippen LogP contribution in [0.15, 0.2) is 30.3 Å². The fourth-order valence-corrected chi connectivity index (χ4v) is 0.602. The Bertz CT molecular complexity index is 211. The van der Waals surface area contributed by atoms with Crippen LogP contribution in [0.25, 0.3) is 0 Å². The highest BCUT2D eigenvalue weighted by Gasteiger charge is 1.93. The van der Waals surface area contributed by atoms with Gasteiger partial charge in [-0.15, -0.1) is 5.21 Å². The zero-order valence-electron chi connectivity index (χ0n) is 5.86. The molecule has 0 aliphatic rings. The van der Waals surface area contributed by atoms with Gasteiger partial charge in [-0.05, 0) is 12.1 Å². The molecule has 0 saturated carbocycles. The summed E-state index contributed by atoms with van der Waals surface area (Å²) >= 11 is 0. The second-order valence-electron chi connectivity index (χ2n) is 1.73. The zero-order valence-corrected chi connectivity index (χ0v) is 5.86. The van der Waals surface area contributed by atoms with Crippen molar-refractivity contribution < 1.29 is 10.0 Å². The van der Waals surface area contributed by atoms with Crippen molar-refractivity contribution in [3.8, 4) is 0 Å². The van der Waals surface area contributed by atoms with E-state index in [9.17, 15) is 4.79 Å². The SMILES string of the molecule is NC(=O)c1ccccc1.N[O]. The highest BCUT2D eigenvalue weighted by atomic mass is 16.4. The molecular weight excluding hydrogens is 144 g/mol. The van der Waals surface area contributed by atoms with E-state index in [4.69, 9.17) is 10.9 Å². The third-order valence-electron chi connectivity index (χ3n) is 1.06. The number of carbonyl (C=O) groups excluding carboxylic acids is 1. The lowest BCUT2D eigenvalue weighted by Crippen LogP contribution is -2.09. The van der Waals surface area contributed by atoms with Crippen LogP contribution in [-0.4, -0.2) is 5.91 Å². The Labute approximate surface area is 64.4 Å². The molecule has 1 aromatic rings. The van der Waals surface area contributed by atoms with Crippen LogP contribution in [-0.2, 0) is 5.21 Å². The zero-order chi connectivity index (χ0) is 8.69. The van der Waals surface area contributed by atoms with E-state index in [1.165, 1.54) is 0 Å². The first-order chi connectivity index (χ1) is 5.30. The molecule has 0 aromatic heterocycles. The average Bonchev–Trinajstić information content (AvgIpc) is 2.10. The molecule has 4 heteroatoms. The molecule has 1 aromatic carbocycles. The normalized spacial score (nSPS) is 7.82. The van der Waals surface area contributed by atoms with Gasteiger partial charge in [-0.2, -0.15) is 5.90 Å². The molecule has 59 valence electrons. The van der Waals surface area contributed by atoms with Gasteiger partial charge in [-0.1, -0.05) is 18.2 Å². The molecule has 0 fully saturated rings. The first-order valence-electron chi connectivity index (χ1n) is 2.89. The number of carbonyl (C=O) groups is 1. The number of hydrogen-bond donors (Lipinski definition) is 2. The van der Waals surface area contributed by atoms with Crippen LogP contribution in [0.2, 0.25) is 0 Å². The number of rotatable bonds is 1. The maximum atomic E-state index is 10.4. The number of benzene rings is 1. The van der Waals surface area contributed by atoms with Gasteiger partial charge >= 0.3 is 0 Å². The summed E-state index contributed by atoms with van der Waals surface area (Å²) < 4.78 is 0. The third kappa shape index (κ3) is 3.34. The van der Waals surface area contributed by atoms with E-state index in [0.29, 0.717) is 5.56 Å². The van der Waals surface area contributed by atoms with Crippen molar-refractivity contribution in [1.82, 2.24) is 0 Å². The predicted molar refractivity (Wildman–Crippen MR) is 39.8 cm³/mol. The molecule has 0 bridgehead atoms. The summed E-state index contributed by atoms with van der Waals surface area (Å²) in [5.41, 5.74) is 5.53. The van der Waals surface area contributed by atoms with E-state index >= 15 is 0 Å². The molecule has 4 nitrogen and oxygen atoms in total. The Balaban J connectivity index is 0.000000461. The molecule has 0 saturated heterocycles. The van der Waals surface area contributed by atoms with E-state index in [1.54, 1.807) is 24.3 Å². The number of nitrogens with two attached hydrogens (primary N) is 2. The summed E-state index contributed by atoms with van der Waals surface area (Å²) in [5, 5.41) is 7.75. The van der Waals surface area contributed by atoms with Crippen LogP contribution in [0, 0.1) is 0 Å². The fraction of sp³-hybridized carbons (Fsp3) is 0. The summed E-state index contributed by atoms with van der Waals surface area (Å²) in [6, 6.07) is 8.76. The Morgan fingerprint density at radius 1 is 1.09 bits per heavy atom. The summed E-state index contributed by atoms with van der Waals surface area (Å²) in [6.45, 7) is 0. The fourth-order valence-electron chi connectivity index (χ4n) is 0.602. The van der Waals surface area contributed by atoms with E-state index < -0.39 is 0 Å². The van der Waals surface area contributed by atoms with Gasteiger partial charge in [0.05, 0.1) is 0 Å². The summed E-state index contributed by atoms with van der Waals surface area (Å²) in [7, 11) is 0. The molecule has 0 heterocycles.